The van der Waals surface area contributed by atoms with E-state index in [4.69, 9.17) is 9.47 Å². The third-order valence-corrected chi connectivity index (χ3v) is 3.10. The third kappa shape index (κ3) is 2.71. The quantitative estimate of drug-likeness (QED) is 0.901. The fourth-order valence-corrected chi connectivity index (χ4v) is 2.04. The Kier molecular flexibility index (Phi) is 3.31. The SMILES string of the molecule is CN(Cc1ccc2c(c1)OCO2)C(=O)c1ccc(=O)[nH]n1. The van der Waals surface area contributed by atoms with Gasteiger partial charge in [0.05, 0.1) is 0 Å². The van der Waals surface area contributed by atoms with E-state index in [1.165, 1.54) is 17.0 Å². The van der Waals surface area contributed by atoms with Gasteiger partial charge < -0.3 is 14.4 Å². The molecule has 0 aliphatic carbocycles. The Hall–Kier alpha value is -2.83. The Morgan fingerprint density at radius 1 is 1.29 bits per heavy atom. The molecule has 1 aliphatic rings. The van der Waals surface area contributed by atoms with E-state index >= 15 is 0 Å². The van der Waals surface area contributed by atoms with Gasteiger partial charge in [0.1, 0.15) is 5.69 Å². The lowest BCUT2D eigenvalue weighted by molar-refractivity contribution is 0.0778. The van der Waals surface area contributed by atoms with E-state index in [-0.39, 0.29) is 24.0 Å². The molecule has 0 unspecified atom stereocenters. The number of nitrogens with one attached hydrogen (secondary N) is 1. The predicted molar refractivity (Wildman–Crippen MR) is 73.2 cm³/mol. The minimum atomic E-state index is -0.343. The molecule has 108 valence electrons. The number of fused-ring (bicyclic) bond motifs is 1. The number of carbonyl (C=O) groups excluding carboxylic acids is 1. The van der Waals surface area contributed by atoms with Crippen LogP contribution >= 0.6 is 0 Å². The number of H-pyrrole nitrogens is 1. The number of hydrogen-bond acceptors (Lipinski definition) is 5. The number of ether oxygens (including phenoxy) is 2. The summed E-state index contributed by atoms with van der Waals surface area (Å²) in [7, 11) is 1.67. The van der Waals surface area contributed by atoms with Gasteiger partial charge >= 0.3 is 0 Å². The third-order valence-electron chi connectivity index (χ3n) is 3.10. The van der Waals surface area contributed by atoms with E-state index in [1.807, 2.05) is 18.2 Å². The van der Waals surface area contributed by atoms with Gasteiger partial charge in [-0.25, -0.2) is 5.10 Å². The van der Waals surface area contributed by atoms with E-state index in [0.29, 0.717) is 18.0 Å². The second kappa shape index (κ2) is 5.28. The van der Waals surface area contributed by atoms with Crippen molar-refractivity contribution in [3.63, 3.8) is 0 Å². The van der Waals surface area contributed by atoms with Crippen molar-refractivity contribution in [2.24, 2.45) is 0 Å². The van der Waals surface area contributed by atoms with Crippen LogP contribution in [0.25, 0.3) is 0 Å². The van der Waals surface area contributed by atoms with Gasteiger partial charge in [-0.3, -0.25) is 9.59 Å². The first-order valence-corrected chi connectivity index (χ1v) is 6.33. The Bertz CT molecular complexity index is 721. The molecule has 1 aromatic carbocycles. The van der Waals surface area contributed by atoms with Gasteiger partial charge in [-0.15, -0.1) is 0 Å². The fraction of sp³-hybridized carbons (Fsp3) is 0.214. The van der Waals surface area contributed by atoms with Crippen molar-refractivity contribution in [1.82, 2.24) is 15.1 Å². The van der Waals surface area contributed by atoms with Crippen LogP contribution in [0.3, 0.4) is 0 Å². The number of rotatable bonds is 3. The average Bonchev–Trinajstić information content (AvgIpc) is 2.95. The second-order valence-corrected chi connectivity index (χ2v) is 4.66. The first kappa shape index (κ1) is 13.2. The van der Waals surface area contributed by atoms with Crippen LogP contribution < -0.4 is 15.0 Å². The van der Waals surface area contributed by atoms with Gasteiger partial charge in [0.25, 0.3) is 11.5 Å². The standard InChI is InChI=1S/C14H13N3O4/c1-17(14(19)10-3-5-13(18)16-15-10)7-9-2-4-11-12(6-9)21-8-20-11/h2-6H,7-8H2,1H3,(H,16,18). The Balaban J connectivity index is 1.73. The van der Waals surface area contributed by atoms with Crippen LogP contribution in [0.1, 0.15) is 16.1 Å². The smallest absolute Gasteiger partial charge is 0.274 e. The summed E-state index contributed by atoms with van der Waals surface area (Å²) in [5, 5.41) is 5.97. The van der Waals surface area contributed by atoms with Crippen LogP contribution in [-0.2, 0) is 6.54 Å². The molecule has 21 heavy (non-hydrogen) atoms. The molecule has 0 fully saturated rings. The molecule has 0 spiro atoms. The van der Waals surface area contributed by atoms with E-state index in [1.54, 1.807) is 7.05 Å². The van der Waals surface area contributed by atoms with Gasteiger partial charge in [0.2, 0.25) is 6.79 Å². The zero-order valence-corrected chi connectivity index (χ0v) is 11.3. The summed E-state index contributed by atoms with van der Waals surface area (Å²) in [6.07, 6.45) is 0. The van der Waals surface area contributed by atoms with Gasteiger partial charge in [0, 0.05) is 19.7 Å². The Labute approximate surface area is 120 Å². The van der Waals surface area contributed by atoms with Crippen LogP contribution in [0.2, 0.25) is 0 Å². The molecule has 7 heteroatoms. The van der Waals surface area contributed by atoms with Gasteiger partial charge in [-0.2, -0.15) is 5.10 Å². The molecule has 2 aromatic rings. The molecule has 0 radical (unpaired) electrons. The van der Waals surface area contributed by atoms with Crippen molar-refractivity contribution in [1.29, 1.82) is 0 Å². The molecule has 2 heterocycles. The van der Waals surface area contributed by atoms with E-state index in [9.17, 15) is 9.59 Å². The highest BCUT2D eigenvalue weighted by atomic mass is 16.7. The lowest BCUT2D eigenvalue weighted by atomic mass is 10.2. The number of aromatic amines is 1. The van der Waals surface area contributed by atoms with E-state index in [0.717, 1.165) is 5.56 Å². The number of benzene rings is 1. The zero-order valence-electron chi connectivity index (χ0n) is 11.3. The number of aromatic nitrogens is 2. The molecule has 1 aromatic heterocycles. The highest BCUT2D eigenvalue weighted by Crippen LogP contribution is 2.32. The van der Waals surface area contributed by atoms with Crippen LogP contribution in [0.5, 0.6) is 11.5 Å². The molecule has 0 saturated carbocycles. The van der Waals surface area contributed by atoms with Crippen molar-refractivity contribution in [2.75, 3.05) is 13.8 Å². The van der Waals surface area contributed by atoms with Crippen molar-refractivity contribution in [2.45, 2.75) is 6.54 Å². The van der Waals surface area contributed by atoms with Gasteiger partial charge in [-0.1, -0.05) is 6.07 Å². The summed E-state index contributed by atoms with van der Waals surface area (Å²) in [4.78, 5) is 24.6. The number of nitrogens with zero attached hydrogens (tertiary/aromatic N) is 2. The molecule has 1 aliphatic heterocycles. The predicted octanol–water partition coefficient (Wildman–Crippen LogP) is 0.771. The summed E-state index contributed by atoms with van der Waals surface area (Å²) >= 11 is 0. The number of amides is 1. The Morgan fingerprint density at radius 3 is 2.86 bits per heavy atom. The van der Waals surface area contributed by atoms with Crippen molar-refractivity contribution >= 4 is 5.91 Å². The average molecular weight is 287 g/mol. The lowest BCUT2D eigenvalue weighted by Crippen LogP contribution is -2.28. The highest BCUT2D eigenvalue weighted by molar-refractivity contribution is 5.91. The molecule has 0 saturated heterocycles. The monoisotopic (exact) mass is 287 g/mol. The topological polar surface area (TPSA) is 84.5 Å². The molecular weight excluding hydrogens is 274 g/mol. The summed E-state index contributed by atoms with van der Waals surface area (Å²) < 4.78 is 10.5. The molecule has 1 N–H and O–H groups in total. The highest BCUT2D eigenvalue weighted by Gasteiger charge is 2.17. The van der Waals surface area contributed by atoms with E-state index < -0.39 is 0 Å². The normalized spacial score (nSPS) is 12.2. The zero-order chi connectivity index (χ0) is 14.8. The Morgan fingerprint density at radius 2 is 2.10 bits per heavy atom. The molecule has 0 atom stereocenters. The van der Waals surface area contributed by atoms with Crippen LogP contribution in [0.15, 0.2) is 35.1 Å². The van der Waals surface area contributed by atoms with Crippen molar-refractivity contribution in [3.8, 4) is 11.5 Å². The largest absolute Gasteiger partial charge is 0.454 e. The summed E-state index contributed by atoms with van der Waals surface area (Å²) in [6, 6.07) is 8.20. The minimum absolute atomic E-state index is 0.192. The molecular formula is C14H13N3O4. The van der Waals surface area contributed by atoms with Crippen molar-refractivity contribution < 1.29 is 14.3 Å². The summed E-state index contributed by atoms with van der Waals surface area (Å²) in [5.74, 6) is 1.11. The second-order valence-electron chi connectivity index (χ2n) is 4.66. The maximum Gasteiger partial charge on any atom is 0.274 e. The molecule has 0 bridgehead atoms. The van der Waals surface area contributed by atoms with Crippen molar-refractivity contribution in [3.05, 3.63) is 51.9 Å². The van der Waals surface area contributed by atoms with Crippen LogP contribution in [-0.4, -0.2) is 34.8 Å². The molecule has 7 nitrogen and oxygen atoms in total. The van der Waals surface area contributed by atoms with Crippen LogP contribution in [0.4, 0.5) is 0 Å². The number of carbonyl (C=O) groups is 1. The minimum Gasteiger partial charge on any atom is -0.454 e. The summed E-state index contributed by atoms with van der Waals surface area (Å²) in [5.41, 5.74) is 0.766. The van der Waals surface area contributed by atoms with Gasteiger partial charge in [0.15, 0.2) is 11.5 Å². The maximum absolute atomic E-state index is 12.2. The first-order chi connectivity index (χ1) is 10.1. The molecule has 1 amide bonds. The van der Waals surface area contributed by atoms with Gasteiger partial charge in [-0.05, 0) is 23.8 Å². The first-order valence-electron chi connectivity index (χ1n) is 6.33. The maximum atomic E-state index is 12.2. The number of hydrogen-bond donors (Lipinski definition) is 1. The lowest BCUT2D eigenvalue weighted by Gasteiger charge is -2.16. The summed E-state index contributed by atoms with van der Waals surface area (Å²) in [6.45, 7) is 0.616. The molecule has 3 rings (SSSR count). The van der Waals surface area contributed by atoms with Crippen LogP contribution in [0, 0.1) is 0 Å². The fourth-order valence-electron chi connectivity index (χ4n) is 2.04. The van der Waals surface area contributed by atoms with E-state index in [2.05, 4.69) is 10.2 Å².